The Morgan fingerprint density at radius 3 is 2.65 bits per heavy atom. The molecule has 43 heavy (non-hydrogen) atoms. The zero-order valence-electron chi connectivity index (χ0n) is 24.9. The van der Waals surface area contributed by atoms with Crippen LogP contribution in [0.2, 0.25) is 5.02 Å². The molecule has 0 aliphatic rings. The lowest BCUT2D eigenvalue weighted by atomic mass is 10.00. The van der Waals surface area contributed by atoms with Gasteiger partial charge in [-0.3, -0.25) is 9.56 Å². The van der Waals surface area contributed by atoms with E-state index in [2.05, 4.69) is 40.7 Å². The van der Waals surface area contributed by atoms with Gasteiger partial charge in [0.2, 0.25) is 0 Å². The molecule has 4 rings (SSSR count). The predicted molar refractivity (Wildman–Crippen MR) is 175 cm³/mol. The number of rotatable bonds is 15. The summed E-state index contributed by atoms with van der Waals surface area (Å²) in [7, 11) is 0. The van der Waals surface area contributed by atoms with Crippen LogP contribution in [-0.4, -0.2) is 33.6 Å². The Balaban J connectivity index is 1.56. The van der Waals surface area contributed by atoms with Gasteiger partial charge in [0.1, 0.15) is 5.65 Å². The fraction of sp³-hybridized carbons (Fsp3) is 0.364. The van der Waals surface area contributed by atoms with E-state index in [1.807, 2.05) is 36.4 Å². The third-order valence-electron chi connectivity index (χ3n) is 7.39. The standard InChI is InChI=1S/C33H41ClFN7O/c1-4-5-10-28(38-15-7-16-39-32(36)37)23-11-13-25(14-12-23)42-20-24-19-29(40-31(24)41-33(42)43)26-17-22(9-6-8-21(2)3)18-27(34)30(26)35/h4,11-14,17-21,28,38H,1,5-10,15-16H2,2-3H3,(H4,36,37,39)(H,40,41,43)/t28-/m0/s1. The van der Waals surface area contributed by atoms with E-state index in [1.54, 1.807) is 18.3 Å². The summed E-state index contributed by atoms with van der Waals surface area (Å²) in [6.07, 6.45) is 9.06. The zero-order valence-corrected chi connectivity index (χ0v) is 25.6. The maximum Gasteiger partial charge on any atom is 0.354 e. The van der Waals surface area contributed by atoms with Crippen molar-refractivity contribution in [1.82, 2.24) is 19.9 Å². The SMILES string of the molecule is C=CCC[C@H](NCCCN=C(N)N)c1ccc(-n2cc3cc(-c4cc(CCCC(C)C)cc(Cl)c4F)[nH]c3nc2=O)cc1. The second-order valence-corrected chi connectivity index (χ2v) is 11.6. The average Bonchev–Trinajstić information content (AvgIpc) is 3.38. The molecule has 0 spiro atoms. The summed E-state index contributed by atoms with van der Waals surface area (Å²) < 4.78 is 16.6. The topological polar surface area (TPSA) is 127 Å². The molecule has 0 amide bonds. The first-order valence-corrected chi connectivity index (χ1v) is 15.1. The van der Waals surface area contributed by atoms with E-state index >= 15 is 4.39 Å². The minimum absolute atomic E-state index is 0.0815. The Kier molecular flexibility index (Phi) is 11.1. The van der Waals surface area contributed by atoms with Crippen molar-refractivity contribution < 1.29 is 4.39 Å². The Bertz CT molecular complexity index is 1620. The normalized spacial score (nSPS) is 12.1. The predicted octanol–water partition coefficient (Wildman–Crippen LogP) is 6.41. The van der Waals surface area contributed by atoms with E-state index in [4.69, 9.17) is 23.1 Å². The van der Waals surface area contributed by atoms with Gasteiger partial charge in [0.15, 0.2) is 11.8 Å². The van der Waals surface area contributed by atoms with Crippen LogP contribution in [0, 0.1) is 11.7 Å². The lowest BCUT2D eigenvalue weighted by Crippen LogP contribution is -2.25. The van der Waals surface area contributed by atoms with Crippen LogP contribution in [0.5, 0.6) is 0 Å². The second-order valence-electron chi connectivity index (χ2n) is 11.2. The van der Waals surface area contributed by atoms with E-state index in [1.165, 1.54) is 4.57 Å². The Morgan fingerprint density at radius 2 is 1.95 bits per heavy atom. The van der Waals surface area contributed by atoms with Crippen LogP contribution in [-0.2, 0) is 6.42 Å². The summed E-state index contributed by atoms with van der Waals surface area (Å²) in [5.74, 6) is 0.195. The first kappa shape index (κ1) is 32.0. The number of halogens is 2. The third-order valence-corrected chi connectivity index (χ3v) is 7.66. The van der Waals surface area contributed by atoms with Crippen LogP contribution in [0.15, 0.2) is 71.1 Å². The number of benzene rings is 2. The quantitative estimate of drug-likeness (QED) is 0.0539. The molecule has 0 unspecified atom stereocenters. The van der Waals surface area contributed by atoms with Gasteiger partial charge in [-0.25, -0.2) is 9.18 Å². The molecule has 2 aromatic heterocycles. The van der Waals surface area contributed by atoms with Crippen LogP contribution >= 0.6 is 11.6 Å². The molecule has 4 aromatic rings. The highest BCUT2D eigenvalue weighted by atomic mass is 35.5. The van der Waals surface area contributed by atoms with Crippen molar-refractivity contribution in [3.05, 3.63) is 93.8 Å². The Morgan fingerprint density at radius 1 is 1.19 bits per heavy atom. The number of aliphatic imine (C=N–C) groups is 1. The average molecular weight is 606 g/mol. The molecule has 10 heteroatoms. The number of allylic oxidation sites excluding steroid dienone is 1. The number of aromatic amines is 1. The Hall–Kier alpha value is -3.95. The molecule has 0 saturated heterocycles. The first-order valence-electron chi connectivity index (χ1n) is 14.8. The van der Waals surface area contributed by atoms with Gasteiger partial charge < -0.3 is 21.8 Å². The number of nitrogens with zero attached hydrogens (tertiary/aromatic N) is 3. The highest BCUT2D eigenvalue weighted by Gasteiger charge is 2.16. The largest absolute Gasteiger partial charge is 0.370 e. The molecule has 0 fully saturated rings. The molecular formula is C33H41ClFN7O. The van der Waals surface area contributed by atoms with E-state index in [9.17, 15) is 4.79 Å². The molecule has 0 bridgehead atoms. The van der Waals surface area contributed by atoms with E-state index in [0.717, 1.165) is 56.2 Å². The van der Waals surface area contributed by atoms with Gasteiger partial charge in [-0.05, 0) is 86.0 Å². The molecule has 2 heterocycles. The van der Waals surface area contributed by atoms with Crippen molar-refractivity contribution in [2.75, 3.05) is 13.1 Å². The van der Waals surface area contributed by atoms with Gasteiger partial charge in [0.25, 0.3) is 0 Å². The van der Waals surface area contributed by atoms with Gasteiger partial charge in [0.05, 0.1) is 16.4 Å². The molecule has 8 nitrogen and oxygen atoms in total. The second kappa shape index (κ2) is 15.0. The number of hydrogen-bond acceptors (Lipinski definition) is 4. The summed E-state index contributed by atoms with van der Waals surface area (Å²) in [6, 6.07) is 13.3. The minimum atomic E-state index is -0.498. The maximum absolute atomic E-state index is 15.1. The Labute approximate surface area is 257 Å². The molecule has 1 atom stereocenters. The summed E-state index contributed by atoms with van der Waals surface area (Å²) in [5, 5.41) is 4.33. The highest BCUT2D eigenvalue weighted by Crippen LogP contribution is 2.31. The summed E-state index contributed by atoms with van der Waals surface area (Å²) >= 11 is 6.27. The van der Waals surface area contributed by atoms with Crippen molar-refractivity contribution in [3.8, 4) is 16.9 Å². The number of nitrogens with two attached hydrogens (primary N) is 2. The van der Waals surface area contributed by atoms with E-state index in [-0.39, 0.29) is 17.0 Å². The summed E-state index contributed by atoms with van der Waals surface area (Å²) in [6.45, 7) is 9.53. The van der Waals surface area contributed by atoms with Gasteiger partial charge >= 0.3 is 5.69 Å². The molecule has 0 saturated carbocycles. The number of guanidine groups is 1. The molecular weight excluding hydrogens is 565 g/mol. The monoisotopic (exact) mass is 605 g/mol. The molecule has 0 aliphatic carbocycles. The van der Waals surface area contributed by atoms with Crippen LogP contribution in [0.4, 0.5) is 4.39 Å². The smallest absolute Gasteiger partial charge is 0.354 e. The third kappa shape index (κ3) is 8.55. The zero-order chi connectivity index (χ0) is 30.9. The molecule has 0 radical (unpaired) electrons. The molecule has 2 aromatic carbocycles. The number of aryl methyl sites for hydroxylation is 1. The molecule has 6 N–H and O–H groups in total. The number of H-pyrrole nitrogens is 1. The van der Waals surface area contributed by atoms with Gasteiger partial charge in [-0.15, -0.1) is 6.58 Å². The fourth-order valence-corrected chi connectivity index (χ4v) is 5.37. The van der Waals surface area contributed by atoms with Crippen molar-refractivity contribution >= 4 is 28.6 Å². The lowest BCUT2D eigenvalue weighted by Gasteiger charge is -2.19. The number of aromatic nitrogens is 3. The van der Waals surface area contributed by atoms with Crippen molar-refractivity contribution in [1.29, 1.82) is 0 Å². The maximum atomic E-state index is 15.1. The van der Waals surface area contributed by atoms with Crippen LogP contribution < -0.4 is 22.5 Å². The van der Waals surface area contributed by atoms with Gasteiger partial charge in [0, 0.05) is 29.7 Å². The van der Waals surface area contributed by atoms with Crippen molar-refractivity contribution in [2.45, 2.75) is 58.4 Å². The molecule has 0 aliphatic heterocycles. The van der Waals surface area contributed by atoms with Gasteiger partial charge in [-0.2, -0.15) is 4.98 Å². The number of fused-ring (bicyclic) bond motifs is 1. The van der Waals surface area contributed by atoms with Crippen molar-refractivity contribution in [2.24, 2.45) is 22.4 Å². The summed E-state index contributed by atoms with van der Waals surface area (Å²) in [5.41, 5.74) is 14.4. The summed E-state index contributed by atoms with van der Waals surface area (Å²) in [4.78, 5) is 24.4. The number of hydrogen-bond donors (Lipinski definition) is 4. The van der Waals surface area contributed by atoms with E-state index in [0.29, 0.717) is 40.4 Å². The van der Waals surface area contributed by atoms with Crippen molar-refractivity contribution in [3.63, 3.8) is 0 Å². The van der Waals surface area contributed by atoms with E-state index < -0.39 is 11.5 Å². The first-order chi connectivity index (χ1) is 20.7. The molecule has 228 valence electrons. The van der Waals surface area contributed by atoms with Crippen LogP contribution in [0.1, 0.15) is 63.1 Å². The fourth-order valence-electron chi connectivity index (χ4n) is 5.13. The van der Waals surface area contributed by atoms with Gasteiger partial charge in [-0.1, -0.05) is 50.1 Å². The minimum Gasteiger partial charge on any atom is -0.370 e. The highest BCUT2D eigenvalue weighted by molar-refractivity contribution is 6.31. The lowest BCUT2D eigenvalue weighted by molar-refractivity contribution is 0.498. The van der Waals surface area contributed by atoms with Crippen LogP contribution in [0.25, 0.3) is 28.0 Å². The van der Waals surface area contributed by atoms with Crippen LogP contribution in [0.3, 0.4) is 0 Å². The number of nitrogens with one attached hydrogen (secondary N) is 2.